The van der Waals surface area contributed by atoms with Crippen molar-refractivity contribution in [1.29, 1.82) is 0 Å². The largest absolute Gasteiger partial charge is 0.444 e. The highest BCUT2D eigenvalue weighted by Gasteiger charge is 2.23. The maximum absolute atomic E-state index is 12.3. The van der Waals surface area contributed by atoms with Crippen LogP contribution in [-0.2, 0) is 4.74 Å². The molecule has 0 unspecified atom stereocenters. The third kappa shape index (κ3) is 5.15. The molecule has 2 aromatic heterocycles. The summed E-state index contributed by atoms with van der Waals surface area (Å²) in [5, 5.41) is 14.2. The third-order valence-corrected chi connectivity index (χ3v) is 4.47. The minimum Gasteiger partial charge on any atom is -0.444 e. The maximum atomic E-state index is 12.3. The van der Waals surface area contributed by atoms with Crippen molar-refractivity contribution in [3.63, 3.8) is 0 Å². The number of anilines is 2. The molecule has 0 aliphatic carbocycles. The summed E-state index contributed by atoms with van der Waals surface area (Å²) < 4.78 is 11.2. The van der Waals surface area contributed by atoms with Crippen molar-refractivity contribution in [2.24, 2.45) is 0 Å². The number of hydrogen-bond acceptors (Lipinski definition) is 9. The van der Waals surface area contributed by atoms with Crippen LogP contribution in [0.25, 0.3) is 23.0 Å². The Morgan fingerprint density at radius 2 is 1.84 bits per heavy atom. The van der Waals surface area contributed by atoms with Crippen LogP contribution in [0.15, 0.2) is 40.9 Å². The van der Waals surface area contributed by atoms with E-state index in [-0.39, 0.29) is 17.4 Å². The second kappa shape index (κ2) is 8.68. The summed E-state index contributed by atoms with van der Waals surface area (Å²) in [6, 6.07) is 9.44. The highest BCUT2D eigenvalue weighted by molar-refractivity contribution is 5.87. The van der Waals surface area contributed by atoms with Crippen LogP contribution >= 0.6 is 0 Å². The van der Waals surface area contributed by atoms with Crippen molar-refractivity contribution < 1.29 is 13.9 Å². The zero-order chi connectivity index (χ0) is 21.8. The molecule has 3 heterocycles. The van der Waals surface area contributed by atoms with Gasteiger partial charge in [0.05, 0.1) is 6.20 Å². The molecule has 1 aliphatic rings. The Morgan fingerprint density at radius 3 is 2.55 bits per heavy atom. The predicted molar refractivity (Wildman–Crippen MR) is 116 cm³/mol. The molecule has 1 saturated heterocycles. The first-order chi connectivity index (χ1) is 14.9. The van der Waals surface area contributed by atoms with Gasteiger partial charge in [0, 0.05) is 31.7 Å². The molecule has 4 rings (SSSR count). The van der Waals surface area contributed by atoms with Crippen molar-refractivity contribution in [2.45, 2.75) is 26.4 Å². The third-order valence-electron chi connectivity index (χ3n) is 4.47. The average Bonchev–Trinajstić information content (AvgIpc) is 3.24. The first kappa shape index (κ1) is 20.7. The molecule has 0 radical (unpaired) electrons. The van der Waals surface area contributed by atoms with Crippen molar-refractivity contribution in [3.05, 3.63) is 36.5 Å². The lowest BCUT2D eigenvalue weighted by molar-refractivity contribution is 0.0635. The second-order valence-corrected chi connectivity index (χ2v) is 8.07. The molecule has 0 bridgehead atoms. The van der Waals surface area contributed by atoms with Crippen molar-refractivity contribution in [3.8, 4) is 23.0 Å². The number of nitrogens with one attached hydrogen (secondary N) is 2. The number of piperazine rings is 1. The summed E-state index contributed by atoms with van der Waals surface area (Å²) >= 11 is 0. The summed E-state index contributed by atoms with van der Waals surface area (Å²) in [7, 11) is 0. The number of ether oxygens (including phenoxy) is 1. The number of amides is 1. The molecule has 3 aromatic rings. The van der Waals surface area contributed by atoms with E-state index in [1.54, 1.807) is 27.0 Å². The summed E-state index contributed by atoms with van der Waals surface area (Å²) in [6.07, 6.45) is 0.983. The molecule has 2 N–H and O–H groups in total. The number of benzene rings is 1. The highest BCUT2D eigenvalue weighted by atomic mass is 16.6. The van der Waals surface area contributed by atoms with Crippen LogP contribution in [0.4, 0.5) is 16.4 Å². The highest BCUT2D eigenvalue weighted by Crippen LogP contribution is 2.29. The first-order valence-corrected chi connectivity index (χ1v) is 10.1. The van der Waals surface area contributed by atoms with Crippen molar-refractivity contribution >= 4 is 17.7 Å². The number of carbonyl (C=O) groups excluding carboxylic acids is 1. The summed E-state index contributed by atoms with van der Waals surface area (Å²) in [5.41, 5.74) is 0.425. The minimum absolute atomic E-state index is 0.161. The summed E-state index contributed by atoms with van der Waals surface area (Å²) in [5.74, 6) is 1.38. The van der Waals surface area contributed by atoms with Gasteiger partial charge in [0.2, 0.25) is 5.89 Å². The minimum atomic E-state index is -0.649. The topological polar surface area (TPSA) is 118 Å². The van der Waals surface area contributed by atoms with Crippen LogP contribution in [0.5, 0.6) is 0 Å². The van der Waals surface area contributed by atoms with Gasteiger partial charge in [-0.2, -0.15) is 0 Å². The van der Waals surface area contributed by atoms with Crippen molar-refractivity contribution in [1.82, 2.24) is 25.5 Å². The fourth-order valence-corrected chi connectivity index (χ4v) is 3.08. The molecule has 0 spiro atoms. The predicted octanol–water partition coefficient (Wildman–Crippen LogP) is 2.95. The number of carbonyl (C=O) groups is 1. The van der Waals surface area contributed by atoms with Gasteiger partial charge in [-0.15, -0.1) is 10.2 Å². The molecule has 1 aromatic carbocycles. The molecule has 0 atom stereocenters. The molecular weight excluding hydrogens is 398 g/mol. The molecule has 1 fully saturated rings. The summed E-state index contributed by atoms with van der Waals surface area (Å²) in [6.45, 7) is 8.67. The van der Waals surface area contributed by atoms with Gasteiger partial charge < -0.3 is 19.4 Å². The Bertz CT molecular complexity index is 1040. The van der Waals surface area contributed by atoms with Crippen LogP contribution in [0.2, 0.25) is 0 Å². The van der Waals surface area contributed by atoms with Crippen LogP contribution in [0.3, 0.4) is 0 Å². The fraction of sp³-hybridized carbons (Fsp3) is 0.381. The van der Waals surface area contributed by atoms with Crippen LogP contribution in [0.1, 0.15) is 20.8 Å². The van der Waals surface area contributed by atoms with E-state index in [0.717, 1.165) is 31.7 Å². The van der Waals surface area contributed by atoms with E-state index in [4.69, 9.17) is 14.1 Å². The molecular formula is C21H25N7O3. The molecule has 1 amide bonds. The fourth-order valence-electron chi connectivity index (χ4n) is 3.08. The quantitative estimate of drug-likeness (QED) is 0.653. The second-order valence-electron chi connectivity index (χ2n) is 8.07. The first-order valence-electron chi connectivity index (χ1n) is 10.1. The normalized spacial score (nSPS) is 14.4. The van der Waals surface area contributed by atoms with Gasteiger partial charge in [-0.3, -0.25) is 5.32 Å². The van der Waals surface area contributed by atoms with Gasteiger partial charge in [-0.1, -0.05) is 18.2 Å². The van der Waals surface area contributed by atoms with Gasteiger partial charge in [0.1, 0.15) is 11.4 Å². The van der Waals surface area contributed by atoms with E-state index in [0.29, 0.717) is 11.7 Å². The van der Waals surface area contributed by atoms with Crippen molar-refractivity contribution in [2.75, 3.05) is 36.4 Å². The smallest absolute Gasteiger partial charge is 0.413 e. The van der Waals surface area contributed by atoms with Crippen LogP contribution in [0, 0.1) is 0 Å². The number of nitrogens with zero attached hydrogens (tertiary/aromatic N) is 5. The van der Waals surface area contributed by atoms with E-state index in [1.807, 2.05) is 30.3 Å². The standard InChI is InChI=1S/C21H25N7O3/c1-21(2,3)31-20(29)25-17-16(24-15(13-23-17)28-11-9-22-10-12-28)19-27-26-18(30-19)14-7-5-4-6-8-14/h4-8,13,22H,9-12H2,1-3H3,(H,23,25,29). The monoisotopic (exact) mass is 423 g/mol. The zero-order valence-electron chi connectivity index (χ0n) is 17.8. The lowest BCUT2D eigenvalue weighted by Crippen LogP contribution is -2.44. The van der Waals surface area contributed by atoms with Gasteiger partial charge in [0.25, 0.3) is 5.89 Å². The Morgan fingerprint density at radius 1 is 1.13 bits per heavy atom. The lowest BCUT2D eigenvalue weighted by Gasteiger charge is -2.28. The van der Waals surface area contributed by atoms with E-state index in [9.17, 15) is 4.79 Å². The van der Waals surface area contributed by atoms with Crippen LogP contribution < -0.4 is 15.5 Å². The van der Waals surface area contributed by atoms with Crippen LogP contribution in [-0.4, -0.2) is 58.0 Å². The Labute approximate surface area is 180 Å². The Hall–Kier alpha value is -3.53. The molecule has 10 heteroatoms. The van der Waals surface area contributed by atoms with Gasteiger partial charge in [-0.05, 0) is 32.9 Å². The Kier molecular flexibility index (Phi) is 5.81. The van der Waals surface area contributed by atoms with E-state index in [2.05, 4.69) is 30.7 Å². The molecule has 10 nitrogen and oxygen atoms in total. The number of rotatable bonds is 4. The number of aromatic nitrogens is 4. The van der Waals surface area contributed by atoms with E-state index in [1.165, 1.54) is 0 Å². The Balaban J connectivity index is 1.68. The molecule has 162 valence electrons. The molecule has 1 aliphatic heterocycles. The molecule has 31 heavy (non-hydrogen) atoms. The number of hydrogen-bond donors (Lipinski definition) is 2. The molecule has 0 saturated carbocycles. The lowest BCUT2D eigenvalue weighted by atomic mass is 10.2. The summed E-state index contributed by atoms with van der Waals surface area (Å²) in [4.78, 5) is 23.6. The SMILES string of the molecule is CC(C)(C)OC(=O)Nc1ncc(N2CCNCC2)nc1-c1nnc(-c2ccccc2)o1. The van der Waals surface area contributed by atoms with E-state index >= 15 is 0 Å². The van der Waals surface area contributed by atoms with E-state index < -0.39 is 11.7 Å². The average molecular weight is 423 g/mol. The van der Waals surface area contributed by atoms with Gasteiger partial charge >= 0.3 is 6.09 Å². The zero-order valence-corrected chi connectivity index (χ0v) is 17.8. The van der Waals surface area contributed by atoms with Gasteiger partial charge in [0.15, 0.2) is 11.5 Å². The van der Waals surface area contributed by atoms with Gasteiger partial charge in [-0.25, -0.2) is 14.8 Å². The maximum Gasteiger partial charge on any atom is 0.413 e.